The van der Waals surface area contributed by atoms with Crippen molar-refractivity contribution in [1.29, 1.82) is 0 Å². The minimum atomic E-state index is 0.597. The van der Waals surface area contributed by atoms with Crippen LogP contribution in [0.3, 0.4) is 0 Å². The summed E-state index contributed by atoms with van der Waals surface area (Å²) in [5.41, 5.74) is 9.23. The van der Waals surface area contributed by atoms with Crippen molar-refractivity contribution in [3.8, 4) is 5.75 Å². The zero-order valence-electron chi connectivity index (χ0n) is 11.3. The summed E-state index contributed by atoms with van der Waals surface area (Å²) in [6.07, 6.45) is 0.771. The van der Waals surface area contributed by atoms with E-state index in [4.69, 9.17) is 10.5 Å². The molecule has 3 nitrogen and oxygen atoms in total. The number of ether oxygens (including phenoxy) is 1. The monoisotopic (exact) mass is 264 g/mol. The molecule has 0 fully saturated rings. The second kappa shape index (κ2) is 5.21. The number of nitrogen functional groups attached to an aromatic ring is 1. The fourth-order valence-electron chi connectivity index (χ4n) is 2.28. The smallest absolute Gasteiger partial charge is 0.127 e. The zero-order valence-corrected chi connectivity index (χ0v) is 11.3. The third-order valence-corrected chi connectivity index (χ3v) is 3.39. The minimum Gasteiger partial charge on any atom is -0.497 e. The molecule has 1 heterocycles. The van der Waals surface area contributed by atoms with Crippen LogP contribution in [0.2, 0.25) is 0 Å². The first-order chi connectivity index (χ1) is 9.76. The van der Waals surface area contributed by atoms with Crippen LogP contribution in [0.25, 0.3) is 10.9 Å². The van der Waals surface area contributed by atoms with Gasteiger partial charge in [0.15, 0.2) is 0 Å². The summed E-state index contributed by atoms with van der Waals surface area (Å²) in [5, 5.41) is 1.12. The van der Waals surface area contributed by atoms with Gasteiger partial charge in [-0.1, -0.05) is 30.3 Å². The van der Waals surface area contributed by atoms with Crippen molar-refractivity contribution in [2.75, 3.05) is 12.8 Å². The normalized spacial score (nSPS) is 10.7. The molecule has 2 aromatic carbocycles. The van der Waals surface area contributed by atoms with E-state index in [1.54, 1.807) is 7.11 Å². The Morgan fingerprint density at radius 1 is 1.05 bits per heavy atom. The average Bonchev–Trinajstić information content (AvgIpc) is 2.49. The van der Waals surface area contributed by atoms with Gasteiger partial charge in [-0.25, -0.2) is 4.98 Å². The van der Waals surface area contributed by atoms with E-state index in [0.717, 1.165) is 28.6 Å². The highest BCUT2D eigenvalue weighted by Gasteiger charge is 2.05. The molecular weight excluding hydrogens is 248 g/mol. The van der Waals surface area contributed by atoms with Crippen molar-refractivity contribution in [3.63, 3.8) is 0 Å². The van der Waals surface area contributed by atoms with Gasteiger partial charge in [0.2, 0.25) is 0 Å². The molecule has 0 atom stereocenters. The molecule has 0 saturated carbocycles. The highest BCUT2D eigenvalue weighted by atomic mass is 16.5. The molecule has 0 unspecified atom stereocenters. The predicted octanol–water partition coefficient (Wildman–Crippen LogP) is 3.42. The van der Waals surface area contributed by atoms with E-state index in [-0.39, 0.29) is 0 Å². The largest absolute Gasteiger partial charge is 0.497 e. The van der Waals surface area contributed by atoms with Crippen LogP contribution in [-0.2, 0) is 6.42 Å². The van der Waals surface area contributed by atoms with Gasteiger partial charge in [-0.3, -0.25) is 0 Å². The van der Waals surface area contributed by atoms with Gasteiger partial charge in [0.05, 0.1) is 12.6 Å². The Balaban J connectivity index is 1.94. The quantitative estimate of drug-likeness (QED) is 0.788. The first kappa shape index (κ1) is 12.5. The Bertz CT molecular complexity index is 736. The van der Waals surface area contributed by atoms with E-state index in [0.29, 0.717) is 5.82 Å². The van der Waals surface area contributed by atoms with E-state index in [2.05, 4.69) is 17.1 Å². The molecule has 3 heteroatoms. The molecule has 3 aromatic rings. The van der Waals surface area contributed by atoms with Crippen molar-refractivity contribution in [2.45, 2.75) is 6.42 Å². The molecule has 2 N–H and O–H groups in total. The van der Waals surface area contributed by atoms with E-state index >= 15 is 0 Å². The summed E-state index contributed by atoms with van der Waals surface area (Å²) < 4.78 is 5.16. The maximum absolute atomic E-state index is 6.05. The van der Waals surface area contributed by atoms with Crippen LogP contribution in [0.5, 0.6) is 5.75 Å². The van der Waals surface area contributed by atoms with Gasteiger partial charge in [-0.2, -0.15) is 0 Å². The summed E-state index contributed by atoms with van der Waals surface area (Å²) in [4.78, 5) is 4.46. The van der Waals surface area contributed by atoms with E-state index in [1.807, 2.05) is 42.5 Å². The predicted molar refractivity (Wildman–Crippen MR) is 82.0 cm³/mol. The molecule has 0 aliphatic carbocycles. The number of pyridine rings is 1. The van der Waals surface area contributed by atoms with Gasteiger partial charge >= 0.3 is 0 Å². The number of rotatable bonds is 3. The number of hydrogen-bond acceptors (Lipinski definition) is 3. The van der Waals surface area contributed by atoms with Crippen LogP contribution in [0.4, 0.5) is 5.82 Å². The molecule has 0 bridgehead atoms. The van der Waals surface area contributed by atoms with Gasteiger partial charge < -0.3 is 10.5 Å². The number of aromatic nitrogens is 1. The van der Waals surface area contributed by atoms with Crippen molar-refractivity contribution in [3.05, 3.63) is 65.7 Å². The number of anilines is 1. The summed E-state index contributed by atoms with van der Waals surface area (Å²) in [6, 6.07) is 18.1. The number of nitrogens with two attached hydrogens (primary N) is 1. The lowest BCUT2D eigenvalue weighted by atomic mass is 10.0. The molecule has 1 aromatic heterocycles. The van der Waals surface area contributed by atoms with Gasteiger partial charge in [-0.15, -0.1) is 0 Å². The lowest BCUT2D eigenvalue weighted by molar-refractivity contribution is 0.414. The standard InChI is InChI=1S/C17H16N2O/c1-20-15-8-6-12(7-9-15)10-14-11-13-4-2-3-5-16(13)19-17(14)18/h2-9,11H,10H2,1H3,(H2,18,19). The Morgan fingerprint density at radius 3 is 2.55 bits per heavy atom. The molecule has 0 amide bonds. The Hall–Kier alpha value is -2.55. The molecule has 0 saturated heterocycles. The van der Waals surface area contributed by atoms with Crippen LogP contribution < -0.4 is 10.5 Å². The molecular formula is C17H16N2O. The molecule has 100 valence electrons. The van der Waals surface area contributed by atoms with Crippen LogP contribution in [0, 0.1) is 0 Å². The number of fused-ring (bicyclic) bond motifs is 1. The third-order valence-electron chi connectivity index (χ3n) is 3.39. The van der Waals surface area contributed by atoms with Crippen LogP contribution >= 0.6 is 0 Å². The fourth-order valence-corrected chi connectivity index (χ4v) is 2.28. The lowest BCUT2D eigenvalue weighted by Crippen LogP contribution is -1.99. The topological polar surface area (TPSA) is 48.1 Å². The van der Waals surface area contributed by atoms with E-state index in [9.17, 15) is 0 Å². The van der Waals surface area contributed by atoms with Crippen LogP contribution in [0.1, 0.15) is 11.1 Å². The number of benzene rings is 2. The fraction of sp³-hybridized carbons (Fsp3) is 0.118. The van der Waals surface area contributed by atoms with Crippen LogP contribution in [-0.4, -0.2) is 12.1 Å². The van der Waals surface area contributed by atoms with Gasteiger partial charge in [0.1, 0.15) is 11.6 Å². The highest BCUT2D eigenvalue weighted by molar-refractivity contribution is 5.81. The van der Waals surface area contributed by atoms with E-state index < -0.39 is 0 Å². The summed E-state index contributed by atoms with van der Waals surface area (Å²) in [6.45, 7) is 0. The molecule has 0 radical (unpaired) electrons. The van der Waals surface area contributed by atoms with E-state index in [1.165, 1.54) is 5.56 Å². The average molecular weight is 264 g/mol. The first-order valence-electron chi connectivity index (χ1n) is 6.53. The minimum absolute atomic E-state index is 0.597. The van der Waals surface area contributed by atoms with Gasteiger partial charge in [0, 0.05) is 11.8 Å². The van der Waals surface area contributed by atoms with Crippen molar-refractivity contribution < 1.29 is 4.74 Å². The zero-order chi connectivity index (χ0) is 13.9. The maximum Gasteiger partial charge on any atom is 0.127 e. The molecule has 0 aliphatic heterocycles. The Kier molecular flexibility index (Phi) is 3.25. The Morgan fingerprint density at radius 2 is 1.80 bits per heavy atom. The number of nitrogens with zero attached hydrogens (tertiary/aromatic N) is 1. The summed E-state index contributed by atoms with van der Waals surface area (Å²) in [5.74, 6) is 1.46. The van der Waals surface area contributed by atoms with Crippen molar-refractivity contribution in [2.24, 2.45) is 0 Å². The molecule has 20 heavy (non-hydrogen) atoms. The summed E-state index contributed by atoms with van der Waals surface area (Å²) >= 11 is 0. The number of hydrogen-bond donors (Lipinski definition) is 1. The Labute approximate surface area is 118 Å². The van der Waals surface area contributed by atoms with Crippen molar-refractivity contribution >= 4 is 16.7 Å². The van der Waals surface area contributed by atoms with Gasteiger partial charge in [0.25, 0.3) is 0 Å². The third kappa shape index (κ3) is 2.43. The van der Waals surface area contributed by atoms with Crippen LogP contribution in [0.15, 0.2) is 54.6 Å². The second-order valence-corrected chi connectivity index (χ2v) is 4.75. The lowest BCUT2D eigenvalue weighted by Gasteiger charge is -2.08. The first-order valence-corrected chi connectivity index (χ1v) is 6.53. The SMILES string of the molecule is COc1ccc(Cc2cc3ccccc3nc2N)cc1. The highest BCUT2D eigenvalue weighted by Crippen LogP contribution is 2.22. The molecule has 3 rings (SSSR count). The summed E-state index contributed by atoms with van der Waals surface area (Å²) in [7, 11) is 1.67. The maximum atomic E-state index is 6.05. The van der Waals surface area contributed by atoms with Crippen molar-refractivity contribution in [1.82, 2.24) is 4.98 Å². The van der Waals surface area contributed by atoms with Gasteiger partial charge in [-0.05, 0) is 35.4 Å². The molecule has 0 aliphatic rings. The molecule has 0 spiro atoms. The number of methoxy groups -OCH3 is 1. The second-order valence-electron chi connectivity index (χ2n) is 4.75. The number of para-hydroxylation sites is 1.